The maximum absolute atomic E-state index is 11.8. The van der Waals surface area contributed by atoms with E-state index >= 15 is 0 Å². The van der Waals surface area contributed by atoms with Crippen molar-refractivity contribution in [3.63, 3.8) is 0 Å². The molecule has 5 nitrogen and oxygen atoms in total. The minimum atomic E-state index is -0.562. The highest BCUT2D eigenvalue weighted by Crippen LogP contribution is 2.17. The number of rotatable bonds is 4. The van der Waals surface area contributed by atoms with Gasteiger partial charge < -0.3 is 4.90 Å². The number of anilines is 1. The van der Waals surface area contributed by atoms with Crippen LogP contribution in [0.2, 0.25) is 0 Å². The van der Waals surface area contributed by atoms with Crippen molar-refractivity contribution in [3.05, 3.63) is 65.7 Å². The smallest absolute Gasteiger partial charge is 0.274 e. The number of hydrogen-bond acceptors (Lipinski definition) is 3. The topological polar surface area (TPSA) is 69.6 Å². The van der Waals surface area contributed by atoms with E-state index < -0.39 is 5.91 Å². The third kappa shape index (κ3) is 3.67. The predicted octanol–water partition coefficient (Wildman–Crippen LogP) is 2.36. The molecule has 2 aromatic rings. The Morgan fingerprint density at radius 3 is 2.19 bits per heavy atom. The van der Waals surface area contributed by atoms with Gasteiger partial charge in [-0.05, 0) is 29.8 Å². The number of hydrogen-bond donors (Lipinski definition) is 2. The molecule has 2 amide bonds. The van der Waals surface area contributed by atoms with Gasteiger partial charge in [0, 0.05) is 18.2 Å². The van der Waals surface area contributed by atoms with Gasteiger partial charge in [-0.2, -0.15) is 0 Å². The molecule has 108 valence electrons. The van der Waals surface area contributed by atoms with Crippen LogP contribution in [0.15, 0.2) is 54.6 Å². The second kappa shape index (κ2) is 6.67. The van der Waals surface area contributed by atoms with Crippen LogP contribution >= 0.6 is 0 Å². The summed E-state index contributed by atoms with van der Waals surface area (Å²) in [6.07, 6.45) is 0. The van der Waals surface area contributed by atoms with Gasteiger partial charge in [-0.25, -0.2) is 5.48 Å². The van der Waals surface area contributed by atoms with E-state index in [0.29, 0.717) is 12.1 Å². The Balaban J connectivity index is 2.18. The van der Waals surface area contributed by atoms with Gasteiger partial charge in [0.1, 0.15) is 0 Å². The third-order valence-corrected chi connectivity index (χ3v) is 3.11. The van der Waals surface area contributed by atoms with E-state index in [0.717, 1.165) is 11.3 Å². The van der Waals surface area contributed by atoms with Gasteiger partial charge in [0.05, 0.1) is 6.54 Å². The van der Waals surface area contributed by atoms with Crippen molar-refractivity contribution >= 4 is 17.5 Å². The quantitative estimate of drug-likeness (QED) is 0.669. The van der Waals surface area contributed by atoms with E-state index in [4.69, 9.17) is 5.21 Å². The first-order valence-electron chi connectivity index (χ1n) is 6.48. The van der Waals surface area contributed by atoms with Gasteiger partial charge in [0.25, 0.3) is 5.91 Å². The summed E-state index contributed by atoms with van der Waals surface area (Å²) >= 11 is 0. The SMILES string of the molecule is CC(=O)N(Cc1ccc(C(=O)NO)cc1)c1ccccc1. The first kappa shape index (κ1) is 14.7. The zero-order chi connectivity index (χ0) is 15.2. The van der Waals surface area contributed by atoms with Crippen molar-refractivity contribution in [1.82, 2.24) is 5.48 Å². The summed E-state index contributed by atoms with van der Waals surface area (Å²) < 4.78 is 0. The second-order valence-electron chi connectivity index (χ2n) is 4.58. The minimum Gasteiger partial charge on any atom is -0.308 e. The molecule has 0 saturated carbocycles. The van der Waals surface area contributed by atoms with Crippen LogP contribution in [-0.2, 0) is 11.3 Å². The summed E-state index contributed by atoms with van der Waals surface area (Å²) in [4.78, 5) is 24.7. The summed E-state index contributed by atoms with van der Waals surface area (Å²) in [5, 5.41) is 8.57. The molecule has 21 heavy (non-hydrogen) atoms. The average Bonchev–Trinajstić information content (AvgIpc) is 2.53. The molecule has 0 aromatic heterocycles. The number of carbonyl (C=O) groups is 2. The van der Waals surface area contributed by atoms with E-state index in [1.807, 2.05) is 30.3 Å². The molecule has 0 atom stereocenters. The zero-order valence-electron chi connectivity index (χ0n) is 11.6. The Labute approximate surface area is 122 Å². The van der Waals surface area contributed by atoms with Crippen molar-refractivity contribution in [2.24, 2.45) is 0 Å². The van der Waals surface area contributed by atoms with E-state index in [-0.39, 0.29) is 5.91 Å². The Morgan fingerprint density at radius 1 is 1.05 bits per heavy atom. The first-order chi connectivity index (χ1) is 10.1. The number of nitrogens with one attached hydrogen (secondary N) is 1. The molecule has 0 aliphatic rings. The van der Waals surface area contributed by atoms with Crippen molar-refractivity contribution in [1.29, 1.82) is 0 Å². The lowest BCUT2D eigenvalue weighted by molar-refractivity contribution is -0.116. The Kier molecular flexibility index (Phi) is 4.68. The molecule has 0 spiro atoms. The van der Waals surface area contributed by atoms with Gasteiger partial charge in [0.15, 0.2) is 0 Å². The predicted molar refractivity (Wildman–Crippen MR) is 79.0 cm³/mol. The van der Waals surface area contributed by atoms with Crippen LogP contribution in [0, 0.1) is 0 Å². The molecule has 0 heterocycles. The van der Waals surface area contributed by atoms with Crippen molar-refractivity contribution in [2.45, 2.75) is 13.5 Å². The Hall–Kier alpha value is -2.66. The molecule has 0 fully saturated rings. The second-order valence-corrected chi connectivity index (χ2v) is 4.58. The molecule has 5 heteroatoms. The van der Waals surface area contributed by atoms with Gasteiger partial charge in [-0.3, -0.25) is 14.8 Å². The fourth-order valence-corrected chi connectivity index (χ4v) is 2.00. The molecule has 0 radical (unpaired) electrons. The van der Waals surface area contributed by atoms with E-state index in [1.54, 1.807) is 34.6 Å². The van der Waals surface area contributed by atoms with E-state index in [9.17, 15) is 9.59 Å². The van der Waals surface area contributed by atoms with Crippen LogP contribution in [-0.4, -0.2) is 17.0 Å². The number of para-hydroxylation sites is 1. The molecular weight excluding hydrogens is 268 g/mol. The number of hydroxylamine groups is 1. The molecule has 2 aromatic carbocycles. The van der Waals surface area contributed by atoms with Crippen LogP contribution in [0.3, 0.4) is 0 Å². The van der Waals surface area contributed by atoms with Crippen molar-refractivity contribution in [2.75, 3.05) is 4.90 Å². The van der Waals surface area contributed by atoms with Crippen LogP contribution < -0.4 is 10.4 Å². The zero-order valence-corrected chi connectivity index (χ0v) is 11.6. The fourth-order valence-electron chi connectivity index (χ4n) is 2.00. The number of carbonyl (C=O) groups excluding carboxylic acids is 2. The standard InChI is InChI=1S/C16H16N2O3/c1-12(19)18(15-5-3-2-4-6-15)11-13-7-9-14(10-8-13)16(20)17-21/h2-10,21H,11H2,1H3,(H,17,20). The molecule has 0 saturated heterocycles. The highest BCUT2D eigenvalue weighted by molar-refractivity contribution is 5.93. The van der Waals surface area contributed by atoms with Crippen molar-refractivity contribution in [3.8, 4) is 0 Å². The summed E-state index contributed by atoms with van der Waals surface area (Å²) in [5.41, 5.74) is 3.65. The lowest BCUT2D eigenvalue weighted by Gasteiger charge is -2.21. The summed E-state index contributed by atoms with van der Waals surface area (Å²) in [6.45, 7) is 1.93. The average molecular weight is 284 g/mol. The maximum Gasteiger partial charge on any atom is 0.274 e. The summed E-state index contributed by atoms with van der Waals surface area (Å²) in [5.74, 6) is -0.619. The molecule has 0 unspecified atom stereocenters. The van der Waals surface area contributed by atoms with Gasteiger partial charge in [-0.15, -0.1) is 0 Å². The van der Waals surface area contributed by atoms with Gasteiger partial charge in [-0.1, -0.05) is 30.3 Å². The van der Waals surface area contributed by atoms with Gasteiger partial charge in [0.2, 0.25) is 5.91 Å². The van der Waals surface area contributed by atoms with Gasteiger partial charge >= 0.3 is 0 Å². The first-order valence-corrected chi connectivity index (χ1v) is 6.48. The fraction of sp³-hybridized carbons (Fsp3) is 0.125. The Bertz CT molecular complexity index is 624. The van der Waals surface area contributed by atoms with E-state index in [2.05, 4.69) is 0 Å². The van der Waals surface area contributed by atoms with E-state index in [1.165, 1.54) is 6.92 Å². The highest BCUT2D eigenvalue weighted by atomic mass is 16.5. The Morgan fingerprint density at radius 2 is 1.67 bits per heavy atom. The van der Waals surface area contributed by atoms with Crippen LogP contribution in [0.25, 0.3) is 0 Å². The summed E-state index contributed by atoms with van der Waals surface area (Å²) in [7, 11) is 0. The molecule has 0 aliphatic heterocycles. The lowest BCUT2D eigenvalue weighted by Crippen LogP contribution is -2.27. The van der Waals surface area contributed by atoms with Crippen LogP contribution in [0.1, 0.15) is 22.8 Å². The summed E-state index contributed by atoms with van der Waals surface area (Å²) in [6, 6.07) is 16.1. The lowest BCUT2D eigenvalue weighted by atomic mass is 10.1. The monoisotopic (exact) mass is 284 g/mol. The van der Waals surface area contributed by atoms with Crippen molar-refractivity contribution < 1.29 is 14.8 Å². The number of amides is 2. The largest absolute Gasteiger partial charge is 0.308 e. The van der Waals surface area contributed by atoms with Crippen LogP contribution in [0.5, 0.6) is 0 Å². The van der Waals surface area contributed by atoms with Crippen LogP contribution in [0.4, 0.5) is 5.69 Å². The number of benzene rings is 2. The highest BCUT2D eigenvalue weighted by Gasteiger charge is 2.12. The molecular formula is C16H16N2O3. The minimum absolute atomic E-state index is 0.0571. The molecule has 2 rings (SSSR count). The maximum atomic E-state index is 11.8. The molecule has 2 N–H and O–H groups in total. The third-order valence-electron chi connectivity index (χ3n) is 3.11. The molecule has 0 bridgehead atoms. The normalized spacial score (nSPS) is 10.0. The number of nitrogens with zero attached hydrogens (tertiary/aromatic N) is 1. The molecule has 0 aliphatic carbocycles.